The minimum absolute atomic E-state index is 0.0978. The van der Waals surface area contributed by atoms with E-state index in [1.54, 1.807) is 48.8 Å². The first kappa shape index (κ1) is 19.7. The van der Waals surface area contributed by atoms with E-state index in [1.807, 2.05) is 0 Å². The molecule has 1 atom stereocenters. The molecule has 3 aromatic rings. The second-order valence-corrected chi connectivity index (χ2v) is 7.08. The van der Waals surface area contributed by atoms with Gasteiger partial charge in [-0.1, -0.05) is 17.7 Å². The number of furan rings is 1. The number of nitrogens with zero attached hydrogens (tertiary/aromatic N) is 2. The van der Waals surface area contributed by atoms with Gasteiger partial charge in [-0.05, 0) is 42.0 Å². The number of aliphatic hydroxyl groups is 1. The van der Waals surface area contributed by atoms with Gasteiger partial charge in [0.05, 0.1) is 24.5 Å². The predicted molar refractivity (Wildman–Crippen MR) is 109 cm³/mol. The number of hydrogen-bond donors (Lipinski definition) is 1. The molecule has 1 aliphatic heterocycles. The molecule has 152 valence electrons. The van der Waals surface area contributed by atoms with Crippen LogP contribution in [-0.4, -0.2) is 33.8 Å². The minimum Gasteiger partial charge on any atom is -0.507 e. The number of benzene rings is 1. The summed E-state index contributed by atoms with van der Waals surface area (Å²) in [6.45, 7) is 0.118. The van der Waals surface area contributed by atoms with Gasteiger partial charge in [0, 0.05) is 24.0 Å². The largest absolute Gasteiger partial charge is 0.507 e. The molecule has 2 aromatic heterocycles. The first-order valence-corrected chi connectivity index (χ1v) is 9.43. The molecule has 8 heteroatoms. The van der Waals surface area contributed by atoms with Crippen LogP contribution in [0.2, 0.25) is 5.02 Å². The molecule has 0 saturated carbocycles. The van der Waals surface area contributed by atoms with E-state index in [1.165, 1.54) is 24.3 Å². The Kier molecular flexibility index (Phi) is 5.29. The van der Waals surface area contributed by atoms with Crippen LogP contribution < -0.4 is 4.74 Å². The lowest BCUT2D eigenvalue weighted by molar-refractivity contribution is -0.140. The van der Waals surface area contributed by atoms with Gasteiger partial charge in [0.15, 0.2) is 0 Å². The highest BCUT2D eigenvalue weighted by atomic mass is 35.5. The number of pyridine rings is 1. The maximum absolute atomic E-state index is 13.0. The summed E-state index contributed by atoms with van der Waals surface area (Å²) in [6, 6.07) is 10.6. The molecule has 1 aliphatic rings. The van der Waals surface area contributed by atoms with Gasteiger partial charge in [-0.25, -0.2) is 0 Å². The zero-order valence-electron chi connectivity index (χ0n) is 15.9. The van der Waals surface area contributed by atoms with E-state index in [-0.39, 0.29) is 23.4 Å². The number of likely N-dealkylation sites (tertiary alicyclic amines) is 1. The fourth-order valence-corrected chi connectivity index (χ4v) is 3.66. The highest BCUT2D eigenvalue weighted by Crippen LogP contribution is 2.42. The number of aromatic nitrogens is 1. The minimum atomic E-state index is -0.913. The standard InChI is InChI=1S/C22H17ClN2O5/c1-29-16-7-6-14(23)10-15(16)20(26)18-19(17-5-3-9-30-17)25(22(28)21(18)27)12-13-4-2-8-24-11-13/h2-11,19,26H,12H2,1H3/t19-/m0/s1. The first-order chi connectivity index (χ1) is 14.5. The van der Waals surface area contributed by atoms with Gasteiger partial charge in [-0.3, -0.25) is 14.6 Å². The Morgan fingerprint density at radius 3 is 2.77 bits per heavy atom. The van der Waals surface area contributed by atoms with Crippen molar-refractivity contribution in [3.63, 3.8) is 0 Å². The summed E-state index contributed by atoms with van der Waals surface area (Å²) in [4.78, 5) is 31.3. The number of hydrogen-bond acceptors (Lipinski definition) is 6. The van der Waals surface area contributed by atoms with Gasteiger partial charge in [0.1, 0.15) is 23.3 Å². The number of amides is 1. The molecule has 0 aliphatic carbocycles. The number of ketones is 1. The third kappa shape index (κ3) is 3.44. The first-order valence-electron chi connectivity index (χ1n) is 9.06. The molecule has 0 radical (unpaired) electrons. The smallest absolute Gasteiger partial charge is 0.296 e. The van der Waals surface area contributed by atoms with Crippen LogP contribution in [0.15, 0.2) is 71.1 Å². The third-order valence-electron chi connectivity index (χ3n) is 4.84. The third-order valence-corrected chi connectivity index (χ3v) is 5.08. The van der Waals surface area contributed by atoms with Gasteiger partial charge in [0.2, 0.25) is 0 Å². The van der Waals surface area contributed by atoms with Crippen LogP contribution in [0.1, 0.15) is 22.9 Å². The summed E-state index contributed by atoms with van der Waals surface area (Å²) < 4.78 is 10.8. The summed E-state index contributed by atoms with van der Waals surface area (Å²) in [5.74, 6) is -1.29. The molecule has 7 nitrogen and oxygen atoms in total. The Bertz CT molecular complexity index is 1130. The van der Waals surface area contributed by atoms with Crippen LogP contribution in [0.3, 0.4) is 0 Å². The van der Waals surface area contributed by atoms with E-state index >= 15 is 0 Å². The molecular weight excluding hydrogens is 408 g/mol. The SMILES string of the molecule is COc1ccc(Cl)cc1C(O)=C1C(=O)C(=O)N(Cc2cccnc2)[C@H]1c1ccco1. The van der Waals surface area contributed by atoms with Crippen molar-refractivity contribution in [1.29, 1.82) is 0 Å². The van der Waals surface area contributed by atoms with Gasteiger partial charge in [-0.15, -0.1) is 0 Å². The molecular formula is C22H17ClN2O5. The van der Waals surface area contributed by atoms with Crippen molar-refractivity contribution in [2.24, 2.45) is 0 Å². The lowest BCUT2D eigenvalue weighted by atomic mass is 9.98. The average Bonchev–Trinajstić information content (AvgIpc) is 3.37. The molecule has 1 fully saturated rings. The Morgan fingerprint density at radius 1 is 1.27 bits per heavy atom. The highest BCUT2D eigenvalue weighted by Gasteiger charge is 2.47. The Morgan fingerprint density at radius 2 is 2.10 bits per heavy atom. The van der Waals surface area contributed by atoms with Gasteiger partial charge >= 0.3 is 0 Å². The second kappa shape index (κ2) is 8.04. The van der Waals surface area contributed by atoms with Gasteiger partial charge < -0.3 is 19.2 Å². The number of carbonyl (C=O) groups excluding carboxylic acids is 2. The predicted octanol–water partition coefficient (Wildman–Crippen LogP) is 3.96. The van der Waals surface area contributed by atoms with Crippen LogP contribution >= 0.6 is 11.6 Å². The number of carbonyl (C=O) groups is 2. The number of methoxy groups -OCH3 is 1. The summed E-state index contributed by atoms with van der Waals surface area (Å²) in [5.41, 5.74) is 0.844. The fourth-order valence-electron chi connectivity index (χ4n) is 3.48. The zero-order valence-corrected chi connectivity index (χ0v) is 16.7. The molecule has 1 N–H and O–H groups in total. The normalized spacial score (nSPS) is 18.1. The van der Waals surface area contributed by atoms with Crippen molar-refractivity contribution < 1.29 is 23.8 Å². The summed E-state index contributed by atoms with van der Waals surface area (Å²) in [7, 11) is 1.44. The molecule has 0 spiro atoms. The lowest BCUT2D eigenvalue weighted by Gasteiger charge is -2.23. The Labute approximate surface area is 177 Å². The zero-order chi connectivity index (χ0) is 21.3. The maximum atomic E-state index is 13.0. The lowest BCUT2D eigenvalue weighted by Crippen LogP contribution is -2.29. The van der Waals surface area contributed by atoms with Crippen molar-refractivity contribution in [3.8, 4) is 5.75 Å². The molecule has 30 heavy (non-hydrogen) atoms. The molecule has 0 bridgehead atoms. The molecule has 1 amide bonds. The molecule has 3 heterocycles. The van der Waals surface area contributed by atoms with Crippen LogP contribution in [0.5, 0.6) is 5.75 Å². The van der Waals surface area contributed by atoms with E-state index in [4.69, 9.17) is 20.8 Å². The molecule has 0 unspecified atom stereocenters. The van der Waals surface area contributed by atoms with Gasteiger partial charge in [-0.2, -0.15) is 0 Å². The summed E-state index contributed by atoms with van der Waals surface area (Å²) >= 11 is 6.08. The van der Waals surface area contributed by atoms with E-state index < -0.39 is 17.7 Å². The van der Waals surface area contributed by atoms with Crippen molar-refractivity contribution in [2.75, 3.05) is 7.11 Å². The second-order valence-electron chi connectivity index (χ2n) is 6.65. The van der Waals surface area contributed by atoms with Crippen LogP contribution in [0, 0.1) is 0 Å². The average molecular weight is 425 g/mol. The highest BCUT2D eigenvalue weighted by molar-refractivity contribution is 6.46. The van der Waals surface area contributed by atoms with E-state index in [2.05, 4.69) is 4.98 Å². The molecule has 1 aromatic carbocycles. The number of aliphatic hydroxyl groups excluding tert-OH is 1. The van der Waals surface area contributed by atoms with Crippen LogP contribution in [0.4, 0.5) is 0 Å². The summed E-state index contributed by atoms with van der Waals surface area (Å²) in [5, 5.41) is 11.4. The number of ether oxygens (including phenoxy) is 1. The van der Waals surface area contributed by atoms with E-state index in [9.17, 15) is 14.7 Å². The van der Waals surface area contributed by atoms with Crippen molar-refractivity contribution in [3.05, 3.63) is 88.6 Å². The molecule has 1 saturated heterocycles. The number of rotatable bonds is 5. The number of Topliss-reactive ketones (excluding diaryl/α,β-unsaturated/α-hetero) is 1. The van der Waals surface area contributed by atoms with E-state index in [0.29, 0.717) is 16.5 Å². The van der Waals surface area contributed by atoms with Crippen molar-refractivity contribution >= 4 is 29.1 Å². The monoisotopic (exact) mass is 424 g/mol. The van der Waals surface area contributed by atoms with Crippen molar-refractivity contribution in [1.82, 2.24) is 9.88 Å². The topological polar surface area (TPSA) is 92.9 Å². The fraction of sp³-hybridized carbons (Fsp3) is 0.136. The Hall–Kier alpha value is -3.58. The van der Waals surface area contributed by atoms with Gasteiger partial charge in [0.25, 0.3) is 11.7 Å². The van der Waals surface area contributed by atoms with Crippen molar-refractivity contribution in [2.45, 2.75) is 12.6 Å². The van der Waals surface area contributed by atoms with Crippen LogP contribution in [0.25, 0.3) is 5.76 Å². The maximum Gasteiger partial charge on any atom is 0.296 e. The number of halogens is 1. The van der Waals surface area contributed by atoms with E-state index in [0.717, 1.165) is 5.56 Å². The molecule has 4 rings (SSSR count). The quantitative estimate of drug-likeness (QED) is 0.378. The van der Waals surface area contributed by atoms with Crippen LogP contribution in [-0.2, 0) is 16.1 Å². The Balaban J connectivity index is 1.88. The summed E-state index contributed by atoms with van der Waals surface area (Å²) in [6.07, 6.45) is 4.67.